The standard InChI is InChI=1S/C19H27N3O3S/c1-11(2)10-25-15(23)9-22-18(24)16-13-7-6-12(19(3,4)5)8-14(13)26-17(16)20-21-22/h11-12H,6-10H2,1-5H3. The van der Waals surface area contributed by atoms with Crippen LogP contribution in [0, 0.1) is 17.3 Å². The second-order valence-electron chi connectivity index (χ2n) is 8.62. The van der Waals surface area contributed by atoms with E-state index in [2.05, 4.69) is 31.1 Å². The van der Waals surface area contributed by atoms with Gasteiger partial charge in [0.15, 0.2) is 4.83 Å². The van der Waals surface area contributed by atoms with Crippen LogP contribution in [0.3, 0.4) is 0 Å². The highest BCUT2D eigenvalue weighted by molar-refractivity contribution is 7.18. The van der Waals surface area contributed by atoms with E-state index in [-0.39, 0.29) is 23.4 Å². The minimum absolute atomic E-state index is 0.191. The Morgan fingerprint density at radius 2 is 2.12 bits per heavy atom. The van der Waals surface area contributed by atoms with E-state index in [1.165, 1.54) is 4.88 Å². The van der Waals surface area contributed by atoms with Gasteiger partial charge in [0.05, 0.1) is 12.0 Å². The van der Waals surface area contributed by atoms with Crippen molar-refractivity contribution in [3.63, 3.8) is 0 Å². The molecule has 0 aliphatic heterocycles. The van der Waals surface area contributed by atoms with Gasteiger partial charge in [-0.05, 0) is 42.1 Å². The molecule has 2 heterocycles. The molecule has 0 bridgehead atoms. The lowest BCUT2D eigenvalue weighted by Crippen LogP contribution is -2.30. The third kappa shape index (κ3) is 3.82. The summed E-state index contributed by atoms with van der Waals surface area (Å²) in [5.41, 5.74) is 1.12. The van der Waals surface area contributed by atoms with Crippen LogP contribution in [0.1, 0.15) is 51.5 Å². The maximum Gasteiger partial charge on any atom is 0.327 e. The predicted molar refractivity (Wildman–Crippen MR) is 102 cm³/mol. The van der Waals surface area contributed by atoms with E-state index < -0.39 is 5.97 Å². The Morgan fingerprint density at radius 1 is 1.38 bits per heavy atom. The molecule has 1 aliphatic rings. The van der Waals surface area contributed by atoms with Gasteiger partial charge in [-0.2, -0.15) is 4.68 Å². The topological polar surface area (TPSA) is 74.1 Å². The van der Waals surface area contributed by atoms with Crippen LogP contribution in [0.2, 0.25) is 0 Å². The van der Waals surface area contributed by atoms with E-state index in [1.54, 1.807) is 11.3 Å². The van der Waals surface area contributed by atoms with Gasteiger partial charge in [0.2, 0.25) is 0 Å². The van der Waals surface area contributed by atoms with Crippen LogP contribution < -0.4 is 5.56 Å². The Morgan fingerprint density at radius 3 is 2.77 bits per heavy atom. The number of hydrogen-bond donors (Lipinski definition) is 0. The Hall–Kier alpha value is -1.76. The molecule has 0 saturated heterocycles. The molecular weight excluding hydrogens is 350 g/mol. The highest BCUT2D eigenvalue weighted by Gasteiger charge is 2.32. The van der Waals surface area contributed by atoms with Crippen molar-refractivity contribution in [1.29, 1.82) is 0 Å². The number of nitrogens with zero attached hydrogens (tertiary/aromatic N) is 3. The summed E-state index contributed by atoms with van der Waals surface area (Å²) in [6.07, 6.45) is 2.94. The third-order valence-electron chi connectivity index (χ3n) is 5.02. The van der Waals surface area contributed by atoms with Crippen molar-refractivity contribution in [2.45, 2.75) is 60.4 Å². The molecule has 0 spiro atoms. The second kappa shape index (κ2) is 7.10. The van der Waals surface area contributed by atoms with E-state index in [0.717, 1.165) is 29.5 Å². The summed E-state index contributed by atoms with van der Waals surface area (Å²) in [5.74, 6) is 0.402. The lowest BCUT2D eigenvalue weighted by atomic mass is 9.72. The minimum Gasteiger partial charge on any atom is -0.464 e. The highest BCUT2D eigenvalue weighted by atomic mass is 32.1. The summed E-state index contributed by atoms with van der Waals surface area (Å²) >= 11 is 1.57. The molecule has 6 nitrogen and oxygen atoms in total. The van der Waals surface area contributed by atoms with Crippen molar-refractivity contribution < 1.29 is 9.53 Å². The van der Waals surface area contributed by atoms with Crippen LogP contribution in [0.4, 0.5) is 0 Å². The van der Waals surface area contributed by atoms with Gasteiger partial charge in [0, 0.05) is 4.88 Å². The molecule has 0 aromatic carbocycles. The van der Waals surface area contributed by atoms with Gasteiger partial charge in [-0.3, -0.25) is 9.59 Å². The average molecular weight is 378 g/mol. The molecule has 7 heteroatoms. The number of carbonyl (C=O) groups is 1. The first kappa shape index (κ1) is 19.0. The number of carbonyl (C=O) groups excluding carboxylic acids is 1. The number of rotatable bonds is 4. The molecule has 142 valence electrons. The molecule has 0 amide bonds. The summed E-state index contributed by atoms with van der Waals surface area (Å²) in [7, 11) is 0. The number of ether oxygens (including phenoxy) is 1. The average Bonchev–Trinajstić information content (AvgIpc) is 2.93. The molecule has 0 saturated carbocycles. The van der Waals surface area contributed by atoms with Crippen molar-refractivity contribution in [2.24, 2.45) is 17.3 Å². The summed E-state index contributed by atoms with van der Waals surface area (Å²) in [6.45, 7) is 10.9. The third-order valence-corrected chi connectivity index (χ3v) is 6.16. The van der Waals surface area contributed by atoms with Crippen LogP contribution in [0.5, 0.6) is 0 Å². The Balaban J connectivity index is 1.89. The van der Waals surface area contributed by atoms with E-state index in [1.807, 2.05) is 13.8 Å². The van der Waals surface area contributed by atoms with Gasteiger partial charge in [-0.25, -0.2) is 0 Å². The van der Waals surface area contributed by atoms with Crippen molar-refractivity contribution in [2.75, 3.05) is 6.61 Å². The molecular formula is C19H27N3O3S. The molecule has 1 aliphatic carbocycles. The molecule has 3 rings (SSSR count). The maximum absolute atomic E-state index is 12.9. The second-order valence-corrected chi connectivity index (χ2v) is 9.70. The Bertz CT molecular complexity index is 877. The molecule has 26 heavy (non-hydrogen) atoms. The number of aromatic nitrogens is 3. The van der Waals surface area contributed by atoms with Crippen molar-refractivity contribution in [3.05, 3.63) is 20.8 Å². The van der Waals surface area contributed by atoms with Crippen LogP contribution in [0.15, 0.2) is 4.79 Å². The number of hydrogen-bond acceptors (Lipinski definition) is 6. The first-order valence-electron chi connectivity index (χ1n) is 9.20. The van der Waals surface area contributed by atoms with Crippen LogP contribution in [-0.4, -0.2) is 27.6 Å². The quantitative estimate of drug-likeness (QED) is 0.765. The zero-order chi connectivity index (χ0) is 19.1. The van der Waals surface area contributed by atoms with Crippen molar-refractivity contribution in [1.82, 2.24) is 15.0 Å². The lowest BCUT2D eigenvalue weighted by Gasteiger charge is -2.33. The number of fused-ring (bicyclic) bond motifs is 3. The Labute approximate surface area is 157 Å². The number of esters is 1. The fourth-order valence-corrected chi connectivity index (χ4v) is 4.63. The van der Waals surface area contributed by atoms with Gasteiger partial charge in [0.1, 0.15) is 6.54 Å². The zero-order valence-electron chi connectivity index (χ0n) is 16.2. The van der Waals surface area contributed by atoms with E-state index in [9.17, 15) is 9.59 Å². The van der Waals surface area contributed by atoms with E-state index in [4.69, 9.17) is 4.74 Å². The molecule has 0 N–H and O–H groups in total. The normalized spacial score (nSPS) is 17.5. The summed E-state index contributed by atoms with van der Waals surface area (Å²) < 4.78 is 6.29. The summed E-state index contributed by atoms with van der Waals surface area (Å²) in [4.78, 5) is 26.7. The SMILES string of the molecule is CC(C)COC(=O)Cn1nnc2sc3c(c2c1=O)CCC(C(C)(C)C)C3. The van der Waals surface area contributed by atoms with Gasteiger partial charge >= 0.3 is 5.97 Å². The Kier molecular flexibility index (Phi) is 5.19. The summed E-state index contributed by atoms with van der Waals surface area (Å²) in [5, 5.41) is 8.80. The number of aryl methyl sites for hydroxylation is 1. The zero-order valence-corrected chi connectivity index (χ0v) is 17.0. The molecule has 0 radical (unpaired) electrons. The number of thiophene rings is 1. The van der Waals surface area contributed by atoms with Crippen LogP contribution in [0.25, 0.3) is 10.2 Å². The molecule has 2 aromatic heterocycles. The molecule has 1 unspecified atom stereocenters. The molecule has 0 fully saturated rings. The minimum atomic E-state index is -0.452. The van der Waals surface area contributed by atoms with E-state index in [0.29, 0.717) is 22.7 Å². The highest BCUT2D eigenvalue weighted by Crippen LogP contribution is 2.41. The first-order valence-corrected chi connectivity index (χ1v) is 10.0. The van der Waals surface area contributed by atoms with E-state index >= 15 is 0 Å². The van der Waals surface area contributed by atoms with Crippen LogP contribution >= 0.6 is 11.3 Å². The molecule has 1 atom stereocenters. The van der Waals surface area contributed by atoms with Crippen molar-refractivity contribution >= 4 is 27.5 Å². The van der Waals surface area contributed by atoms with Gasteiger partial charge < -0.3 is 4.74 Å². The van der Waals surface area contributed by atoms with Crippen molar-refractivity contribution in [3.8, 4) is 0 Å². The fraction of sp³-hybridized carbons (Fsp3) is 0.684. The lowest BCUT2D eigenvalue weighted by molar-refractivity contribution is -0.145. The smallest absolute Gasteiger partial charge is 0.327 e. The van der Waals surface area contributed by atoms with Gasteiger partial charge in [0.25, 0.3) is 5.56 Å². The first-order chi connectivity index (χ1) is 12.2. The fourth-order valence-electron chi connectivity index (χ4n) is 3.40. The molecule has 2 aromatic rings. The largest absolute Gasteiger partial charge is 0.464 e. The maximum atomic E-state index is 12.9. The predicted octanol–water partition coefficient (Wildman–Crippen LogP) is 3.20. The van der Waals surface area contributed by atoms with Crippen LogP contribution in [-0.2, 0) is 28.9 Å². The van der Waals surface area contributed by atoms with Gasteiger partial charge in [-0.15, -0.1) is 16.4 Å². The monoisotopic (exact) mass is 377 g/mol. The summed E-state index contributed by atoms with van der Waals surface area (Å²) in [6, 6.07) is 0. The van der Waals surface area contributed by atoms with Gasteiger partial charge in [-0.1, -0.05) is 39.8 Å².